The topological polar surface area (TPSA) is 77.4 Å². The van der Waals surface area contributed by atoms with Crippen LogP contribution >= 0.6 is 0 Å². The van der Waals surface area contributed by atoms with Crippen molar-refractivity contribution in [3.05, 3.63) is 28.7 Å². The smallest absolute Gasteiger partial charge is 0.250 e. The molecule has 0 aliphatic rings. The Labute approximate surface area is 119 Å². The first-order valence-corrected chi connectivity index (χ1v) is 8.36. The van der Waals surface area contributed by atoms with Gasteiger partial charge in [0, 0.05) is 37.7 Å². The first-order chi connectivity index (χ1) is 9.38. The van der Waals surface area contributed by atoms with Crippen molar-refractivity contribution in [2.75, 3.05) is 30.5 Å². The quantitative estimate of drug-likeness (QED) is 0.766. The molecule has 0 aliphatic heterocycles. The third-order valence-electron chi connectivity index (χ3n) is 2.88. The second kappa shape index (κ2) is 7.44. The van der Waals surface area contributed by atoms with Crippen LogP contribution in [-0.2, 0) is 21.1 Å². The molecule has 1 unspecified atom stereocenters. The first-order valence-electron chi connectivity index (χ1n) is 6.54. The molecule has 1 aromatic heterocycles. The fourth-order valence-corrected chi connectivity index (χ4v) is 2.89. The zero-order chi connectivity index (χ0) is 15.2. The Morgan fingerprint density at radius 2 is 2.10 bits per heavy atom. The maximum atomic E-state index is 11.6. The number of sulfone groups is 1. The Kier molecular flexibility index (Phi) is 6.22. The molecule has 0 fully saturated rings. The lowest BCUT2D eigenvalue weighted by atomic mass is 10.3. The highest BCUT2D eigenvalue weighted by Crippen LogP contribution is 2.07. The number of aromatic nitrogens is 1. The number of nitrogens with zero attached hydrogens (tertiary/aromatic N) is 1. The van der Waals surface area contributed by atoms with Crippen LogP contribution in [0.25, 0.3) is 0 Å². The molecule has 1 rings (SSSR count). The van der Waals surface area contributed by atoms with Crippen molar-refractivity contribution in [2.24, 2.45) is 0 Å². The first kappa shape index (κ1) is 16.7. The van der Waals surface area contributed by atoms with Gasteiger partial charge < -0.3 is 14.6 Å². The molecule has 0 amide bonds. The van der Waals surface area contributed by atoms with Crippen LogP contribution in [0.3, 0.4) is 0 Å². The number of rotatable bonds is 8. The number of anilines is 1. The largest absolute Gasteiger partial charge is 0.383 e. The molecular formula is C13H22N2O4S. The molecule has 0 aromatic carbocycles. The highest BCUT2D eigenvalue weighted by atomic mass is 32.2. The second-order valence-corrected chi connectivity index (χ2v) is 7.08. The van der Waals surface area contributed by atoms with Crippen LogP contribution in [0, 0.1) is 0 Å². The SMILES string of the molecule is CCS(=O)(=O)CC(C)Nc1ccc(=O)n(CCOC)c1. The van der Waals surface area contributed by atoms with Gasteiger partial charge in [-0.25, -0.2) is 8.42 Å². The second-order valence-electron chi connectivity index (χ2n) is 4.69. The van der Waals surface area contributed by atoms with E-state index in [0.29, 0.717) is 13.2 Å². The fourth-order valence-electron chi connectivity index (χ4n) is 1.81. The molecular weight excluding hydrogens is 280 g/mol. The Balaban J connectivity index is 2.75. The minimum Gasteiger partial charge on any atom is -0.383 e. The summed E-state index contributed by atoms with van der Waals surface area (Å²) in [5.74, 6) is 0.201. The van der Waals surface area contributed by atoms with Crippen molar-refractivity contribution < 1.29 is 13.2 Å². The normalized spacial score (nSPS) is 13.2. The molecule has 1 atom stereocenters. The predicted octanol–water partition coefficient (Wildman–Crippen LogP) is 0.730. The molecule has 0 aliphatic carbocycles. The van der Waals surface area contributed by atoms with Gasteiger partial charge >= 0.3 is 0 Å². The minimum atomic E-state index is -3.02. The number of methoxy groups -OCH3 is 1. The van der Waals surface area contributed by atoms with E-state index in [0.717, 1.165) is 5.69 Å². The number of hydrogen-bond acceptors (Lipinski definition) is 5. The van der Waals surface area contributed by atoms with Crippen LogP contribution < -0.4 is 10.9 Å². The average Bonchev–Trinajstić information content (AvgIpc) is 2.38. The van der Waals surface area contributed by atoms with Crippen LogP contribution in [0.2, 0.25) is 0 Å². The summed E-state index contributed by atoms with van der Waals surface area (Å²) in [6, 6.07) is 2.90. The zero-order valence-corrected chi connectivity index (χ0v) is 12.9. The lowest BCUT2D eigenvalue weighted by molar-refractivity contribution is 0.186. The summed E-state index contributed by atoms with van der Waals surface area (Å²) < 4.78 is 29.6. The summed E-state index contributed by atoms with van der Waals surface area (Å²) in [5, 5.41) is 3.10. The Morgan fingerprint density at radius 3 is 2.70 bits per heavy atom. The molecule has 7 heteroatoms. The van der Waals surface area contributed by atoms with E-state index in [1.165, 1.54) is 10.6 Å². The summed E-state index contributed by atoms with van der Waals surface area (Å²) in [7, 11) is -1.45. The number of nitrogens with one attached hydrogen (secondary N) is 1. The van der Waals surface area contributed by atoms with Crippen molar-refractivity contribution in [3.8, 4) is 0 Å². The van der Waals surface area contributed by atoms with Crippen LogP contribution in [0.4, 0.5) is 5.69 Å². The van der Waals surface area contributed by atoms with Crippen molar-refractivity contribution >= 4 is 15.5 Å². The summed E-state index contributed by atoms with van der Waals surface area (Å²) >= 11 is 0. The molecule has 6 nitrogen and oxygen atoms in total. The van der Waals surface area contributed by atoms with Gasteiger partial charge in [-0.15, -0.1) is 0 Å². The highest BCUT2D eigenvalue weighted by molar-refractivity contribution is 7.91. The van der Waals surface area contributed by atoms with E-state index in [9.17, 15) is 13.2 Å². The summed E-state index contributed by atoms with van der Waals surface area (Å²) in [6.07, 6.45) is 1.68. The zero-order valence-electron chi connectivity index (χ0n) is 12.1. The Morgan fingerprint density at radius 1 is 1.40 bits per heavy atom. The van der Waals surface area contributed by atoms with E-state index >= 15 is 0 Å². The lowest BCUT2D eigenvalue weighted by Crippen LogP contribution is -2.28. The maximum Gasteiger partial charge on any atom is 0.250 e. The Hall–Kier alpha value is -1.34. The monoisotopic (exact) mass is 302 g/mol. The molecule has 0 saturated heterocycles. The summed E-state index contributed by atoms with van der Waals surface area (Å²) in [4.78, 5) is 11.6. The highest BCUT2D eigenvalue weighted by Gasteiger charge is 2.13. The molecule has 0 bridgehead atoms. The molecule has 0 saturated carbocycles. The summed E-state index contributed by atoms with van der Waals surface area (Å²) in [6.45, 7) is 4.35. The van der Waals surface area contributed by atoms with Crippen molar-refractivity contribution in [3.63, 3.8) is 0 Å². The van der Waals surface area contributed by atoms with Gasteiger partial charge in [0.2, 0.25) is 0 Å². The van der Waals surface area contributed by atoms with Gasteiger partial charge in [0.1, 0.15) is 0 Å². The van der Waals surface area contributed by atoms with E-state index < -0.39 is 9.84 Å². The molecule has 1 aromatic rings. The average molecular weight is 302 g/mol. The van der Waals surface area contributed by atoms with Crippen molar-refractivity contribution in [1.82, 2.24) is 4.57 Å². The van der Waals surface area contributed by atoms with Crippen LogP contribution in [-0.4, -0.2) is 44.2 Å². The van der Waals surface area contributed by atoms with Crippen molar-refractivity contribution in [1.29, 1.82) is 0 Å². The van der Waals surface area contributed by atoms with Gasteiger partial charge in [-0.1, -0.05) is 6.92 Å². The number of hydrogen-bond donors (Lipinski definition) is 1. The van der Waals surface area contributed by atoms with Gasteiger partial charge in [-0.3, -0.25) is 4.79 Å². The van der Waals surface area contributed by atoms with Crippen LogP contribution in [0.1, 0.15) is 13.8 Å². The fraction of sp³-hybridized carbons (Fsp3) is 0.615. The van der Waals surface area contributed by atoms with E-state index in [1.807, 2.05) is 0 Å². The molecule has 1 N–H and O–H groups in total. The molecule has 0 radical (unpaired) electrons. The van der Waals surface area contributed by atoms with Gasteiger partial charge in [0.05, 0.1) is 18.0 Å². The Bertz CT molecular complexity index is 580. The van der Waals surface area contributed by atoms with E-state index in [4.69, 9.17) is 4.74 Å². The molecule has 20 heavy (non-hydrogen) atoms. The van der Waals surface area contributed by atoms with E-state index in [1.54, 1.807) is 33.2 Å². The third-order valence-corrected chi connectivity index (χ3v) is 4.76. The van der Waals surface area contributed by atoms with E-state index in [2.05, 4.69) is 5.32 Å². The minimum absolute atomic E-state index is 0.0701. The maximum absolute atomic E-state index is 11.6. The number of ether oxygens (including phenoxy) is 1. The molecule has 1 heterocycles. The molecule has 0 spiro atoms. The van der Waals surface area contributed by atoms with Crippen LogP contribution in [0.15, 0.2) is 23.1 Å². The van der Waals surface area contributed by atoms with Gasteiger partial charge in [0.25, 0.3) is 5.56 Å². The summed E-state index contributed by atoms with van der Waals surface area (Å²) in [5.41, 5.74) is 0.612. The van der Waals surface area contributed by atoms with Gasteiger partial charge in [-0.05, 0) is 13.0 Å². The number of pyridine rings is 1. The standard InChI is InChI=1S/C13H22N2O4S/c1-4-20(17,18)10-11(2)14-12-5-6-13(16)15(9-12)7-8-19-3/h5-6,9,11,14H,4,7-8,10H2,1-3H3. The lowest BCUT2D eigenvalue weighted by Gasteiger charge is -2.16. The predicted molar refractivity (Wildman–Crippen MR) is 80.0 cm³/mol. The third kappa shape index (κ3) is 5.34. The van der Waals surface area contributed by atoms with Gasteiger partial charge in [0.15, 0.2) is 9.84 Å². The van der Waals surface area contributed by atoms with Crippen molar-refractivity contribution in [2.45, 2.75) is 26.4 Å². The molecule has 114 valence electrons. The van der Waals surface area contributed by atoms with Gasteiger partial charge in [-0.2, -0.15) is 0 Å². The van der Waals surface area contributed by atoms with E-state index in [-0.39, 0.29) is 23.1 Å². The van der Waals surface area contributed by atoms with Crippen LogP contribution in [0.5, 0.6) is 0 Å².